The highest BCUT2D eigenvalue weighted by molar-refractivity contribution is 7.11. The summed E-state index contributed by atoms with van der Waals surface area (Å²) in [6, 6.07) is 23.5. The first-order valence-corrected chi connectivity index (χ1v) is 13.9. The molecule has 0 aliphatic heterocycles. The first-order valence-electron chi connectivity index (χ1n) is 13.1. The fourth-order valence-corrected chi connectivity index (χ4v) is 5.48. The Bertz CT molecular complexity index is 1450. The van der Waals surface area contributed by atoms with Crippen LogP contribution in [-0.2, 0) is 17.8 Å². The molecule has 1 heterocycles. The van der Waals surface area contributed by atoms with Gasteiger partial charge in [0.2, 0.25) is 5.91 Å². The Morgan fingerprint density at radius 1 is 0.872 bits per heavy atom. The van der Waals surface area contributed by atoms with Crippen LogP contribution < -0.4 is 9.47 Å². The summed E-state index contributed by atoms with van der Waals surface area (Å²) in [5.41, 5.74) is 1.63. The van der Waals surface area contributed by atoms with Crippen LogP contribution in [0.25, 0.3) is 10.8 Å². The van der Waals surface area contributed by atoms with Crippen LogP contribution >= 0.6 is 11.3 Å². The zero-order valence-corrected chi connectivity index (χ0v) is 24.1. The van der Waals surface area contributed by atoms with Crippen LogP contribution in [0.4, 0.5) is 0 Å². The Morgan fingerprint density at radius 3 is 2.28 bits per heavy atom. The van der Waals surface area contributed by atoms with Crippen LogP contribution in [0.5, 0.6) is 11.5 Å². The lowest BCUT2D eigenvalue weighted by Gasteiger charge is -2.30. The third-order valence-corrected chi connectivity index (χ3v) is 7.79. The van der Waals surface area contributed by atoms with E-state index in [-0.39, 0.29) is 24.4 Å². The predicted octanol–water partition coefficient (Wildman–Crippen LogP) is 6.35. The Labute approximate surface area is 234 Å². The molecule has 0 spiro atoms. The molecule has 7 heteroatoms. The number of carbonyl (C=O) groups excluding carboxylic acids is 2. The Morgan fingerprint density at radius 2 is 1.62 bits per heavy atom. The minimum Gasteiger partial charge on any atom is -0.493 e. The molecule has 39 heavy (non-hydrogen) atoms. The highest BCUT2D eigenvalue weighted by atomic mass is 32.1. The summed E-state index contributed by atoms with van der Waals surface area (Å²) in [6.45, 7) is 6.99. The molecule has 0 aliphatic rings. The van der Waals surface area contributed by atoms with Gasteiger partial charge in [0, 0.05) is 27.9 Å². The van der Waals surface area contributed by atoms with Gasteiger partial charge in [0.15, 0.2) is 11.5 Å². The first kappa shape index (κ1) is 28.2. The van der Waals surface area contributed by atoms with E-state index in [1.165, 1.54) is 4.88 Å². The van der Waals surface area contributed by atoms with Crippen molar-refractivity contribution in [1.82, 2.24) is 9.80 Å². The highest BCUT2D eigenvalue weighted by Gasteiger charge is 2.25. The SMILES string of the molecule is COc1ccc(CCN(Cc2ccc(C)s2)C(=O)CN(C(=O)c2ccc3ccccc3c2)C(C)C)cc1OC. The summed E-state index contributed by atoms with van der Waals surface area (Å²) in [5, 5.41) is 2.08. The number of fused-ring (bicyclic) bond motifs is 1. The van der Waals surface area contributed by atoms with Crippen molar-refractivity contribution >= 4 is 33.9 Å². The summed E-state index contributed by atoms with van der Waals surface area (Å²) in [5.74, 6) is 1.11. The quantitative estimate of drug-likeness (QED) is 0.221. The molecule has 204 valence electrons. The predicted molar refractivity (Wildman–Crippen MR) is 158 cm³/mol. The van der Waals surface area contributed by atoms with E-state index in [0.29, 0.717) is 36.6 Å². The molecule has 0 fully saturated rings. The van der Waals surface area contributed by atoms with Crippen LogP contribution in [0.15, 0.2) is 72.8 Å². The number of hydrogen-bond acceptors (Lipinski definition) is 5. The standard InChI is InChI=1S/C32H36N2O4S/c1-22(2)34(32(36)27-13-12-25-8-6-7-9-26(25)19-27)21-31(35)33(20-28-14-10-23(3)39-28)17-16-24-11-15-29(37-4)30(18-24)38-5/h6-15,18-19,22H,16-17,20-21H2,1-5H3. The molecule has 0 atom stereocenters. The first-order chi connectivity index (χ1) is 18.8. The van der Waals surface area contributed by atoms with Gasteiger partial charge in [-0.05, 0) is 79.9 Å². The average molecular weight is 545 g/mol. The molecule has 4 rings (SSSR count). The number of methoxy groups -OCH3 is 2. The average Bonchev–Trinajstić information content (AvgIpc) is 3.37. The van der Waals surface area contributed by atoms with E-state index in [4.69, 9.17) is 9.47 Å². The van der Waals surface area contributed by atoms with Crippen molar-refractivity contribution in [2.75, 3.05) is 27.3 Å². The molecule has 0 radical (unpaired) electrons. The van der Waals surface area contributed by atoms with Gasteiger partial charge in [0.05, 0.1) is 20.8 Å². The number of hydrogen-bond donors (Lipinski definition) is 0. The lowest BCUT2D eigenvalue weighted by atomic mass is 10.1. The fourth-order valence-electron chi connectivity index (χ4n) is 4.57. The van der Waals surface area contributed by atoms with Gasteiger partial charge in [0.1, 0.15) is 6.54 Å². The van der Waals surface area contributed by atoms with E-state index in [2.05, 4.69) is 19.1 Å². The zero-order valence-electron chi connectivity index (χ0n) is 23.3. The van der Waals surface area contributed by atoms with E-state index in [9.17, 15) is 9.59 Å². The zero-order chi connectivity index (χ0) is 27.9. The van der Waals surface area contributed by atoms with E-state index < -0.39 is 0 Å². The molecule has 0 saturated carbocycles. The van der Waals surface area contributed by atoms with Crippen LogP contribution in [0.3, 0.4) is 0 Å². The molecule has 0 unspecified atom stereocenters. The van der Waals surface area contributed by atoms with Gasteiger partial charge in [-0.1, -0.05) is 36.4 Å². The van der Waals surface area contributed by atoms with Crippen LogP contribution in [0.2, 0.25) is 0 Å². The third-order valence-electron chi connectivity index (χ3n) is 6.80. The molecule has 0 N–H and O–H groups in total. The highest BCUT2D eigenvalue weighted by Crippen LogP contribution is 2.28. The maximum atomic E-state index is 13.8. The van der Waals surface area contributed by atoms with Crippen molar-refractivity contribution in [2.45, 2.75) is 39.8 Å². The van der Waals surface area contributed by atoms with E-state index in [1.807, 2.05) is 79.4 Å². The number of thiophene rings is 1. The number of carbonyl (C=O) groups is 2. The van der Waals surface area contributed by atoms with Crippen molar-refractivity contribution < 1.29 is 19.1 Å². The van der Waals surface area contributed by atoms with Gasteiger partial charge >= 0.3 is 0 Å². The summed E-state index contributed by atoms with van der Waals surface area (Å²) in [4.78, 5) is 33.2. The number of rotatable bonds is 11. The van der Waals surface area contributed by atoms with E-state index >= 15 is 0 Å². The molecular weight excluding hydrogens is 508 g/mol. The van der Waals surface area contributed by atoms with Crippen LogP contribution in [0.1, 0.15) is 39.5 Å². The lowest BCUT2D eigenvalue weighted by molar-refractivity contribution is -0.132. The van der Waals surface area contributed by atoms with Crippen molar-refractivity contribution in [1.29, 1.82) is 0 Å². The van der Waals surface area contributed by atoms with Crippen molar-refractivity contribution in [3.05, 3.63) is 93.7 Å². The molecule has 3 aromatic carbocycles. The molecule has 0 bridgehead atoms. The fraction of sp³-hybridized carbons (Fsp3) is 0.312. The van der Waals surface area contributed by atoms with Crippen molar-refractivity contribution in [2.24, 2.45) is 0 Å². The van der Waals surface area contributed by atoms with E-state index in [0.717, 1.165) is 21.2 Å². The maximum absolute atomic E-state index is 13.8. The number of aryl methyl sites for hydroxylation is 1. The molecule has 0 aliphatic carbocycles. The normalized spacial score (nSPS) is 11.0. The number of ether oxygens (including phenoxy) is 2. The van der Waals surface area contributed by atoms with Gasteiger partial charge in [-0.3, -0.25) is 9.59 Å². The topological polar surface area (TPSA) is 59.1 Å². The van der Waals surface area contributed by atoms with Gasteiger partial charge < -0.3 is 19.3 Å². The Balaban J connectivity index is 1.54. The minimum atomic E-state index is -0.143. The second kappa shape index (κ2) is 12.8. The molecule has 2 amide bonds. The summed E-state index contributed by atoms with van der Waals surface area (Å²) in [6.07, 6.45) is 0.650. The number of amides is 2. The molecule has 4 aromatic rings. The number of nitrogens with zero attached hydrogens (tertiary/aromatic N) is 2. The Kier molecular flexibility index (Phi) is 9.25. The molecular formula is C32H36N2O4S. The number of benzene rings is 3. The van der Waals surface area contributed by atoms with Crippen LogP contribution in [0, 0.1) is 6.92 Å². The molecule has 0 saturated heterocycles. The lowest BCUT2D eigenvalue weighted by Crippen LogP contribution is -2.46. The van der Waals surface area contributed by atoms with Gasteiger partial charge in [0.25, 0.3) is 5.91 Å². The van der Waals surface area contributed by atoms with Crippen LogP contribution in [-0.4, -0.2) is 55.0 Å². The van der Waals surface area contributed by atoms with Crippen molar-refractivity contribution in [3.63, 3.8) is 0 Å². The third kappa shape index (κ3) is 6.98. The smallest absolute Gasteiger partial charge is 0.254 e. The second-order valence-electron chi connectivity index (χ2n) is 9.86. The van der Waals surface area contributed by atoms with Crippen molar-refractivity contribution in [3.8, 4) is 11.5 Å². The minimum absolute atomic E-state index is 0.0135. The van der Waals surface area contributed by atoms with E-state index in [1.54, 1.807) is 30.5 Å². The maximum Gasteiger partial charge on any atom is 0.254 e. The summed E-state index contributed by atoms with van der Waals surface area (Å²) in [7, 11) is 3.23. The second-order valence-corrected chi connectivity index (χ2v) is 11.2. The summed E-state index contributed by atoms with van der Waals surface area (Å²) < 4.78 is 10.8. The van der Waals surface area contributed by atoms with Gasteiger partial charge in [-0.15, -0.1) is 11.3 Å². The van der Waals surface area contributed by atoms with Gasteiger partial charge in [-0.2, -0.15) is 0 Å². The van der Waals surface area contributed by atoms with Gasteiger partial charge in [-0.25, -0.2) is 0 Å². The Hall–Kier alpha value is -3.84. The molecule has 1 aromatic heterocycles. The molecule has 6 nitrogen and oxygen atoms in total. The monoisotopic (exact) mass is 544 g/mol. The largest absolute Gasteiger partial charge is 0.493 e. The summed E-state index contributed by atoms with van der Waals surface area (Å²) >= 11 is 1.68.